The van der Waals surface area contributed by atoms with Gasteiger partial charge in [-0.25, -0.2) is 13.1 Å². The molecule has 0 aromatic carbocycles. The topological polar surface area (TPSA) is 75.7 Å². The molecular weight excluding hydrogens is 256 g/mol. The molecule has 6 nitrogen and oxygen atoms in total. The summed E-state index contributed by atoms with van der Waals surface area (Å²) in [5, 5.41) is 0. The van der Waals surface area contributed by atoms with Crippen LogP contribution in [0.3, 0.4) is 0 Å². The molecule has 0 unspecified atom stereocenters. The van der Waals surface area contributed by atoms with Gasteiger partial charge in [0.15, 0.2) is 0 Å². The van der Waals surface area contributed by atoms with Crippen molar-refractivity contribution < 1.29 is 17.9 Å². The van der Waals surface area contributed by atoms with Crippen LogP contribution in [-0.2, 0) is 19.6 Å². The molecule has 0 aliphatic carbocycles. The molecule has 1 atom stereocenters. The molecule has 104 valence electrons. The van der Waals surface area contributed by atoms with E-state index in [2.05, 4.69) is 4.72 Å². The fourth-order valence-corrected chi connectivity index (χ4v) is 3.34. The van der Waals surface area contributed by atoms with Crippen molar-refractivity contribution in [2.24, 2.45) is 0 Å². The van der Waals surface area contributed by atoms with Gasteiger partial charge >= 0.3 is 0 Å². The Bertz CT molecular complexity index is 395. The van der Waals surface area contributed by atoms with Gasteiger partial charge in [-0.15, -0.1) is 0 Å². The highest BCUT2D eigenvalue weighted by atomic mass is 32.2. The Balaban J connectivity index is 1.81. The Morgan fingerprint density at radius 3 is 2.44 bits per heavy atom. The predicted octanol–water partition coefficient (Wildman–Crippen LogP) is -0.294. The van der Waals surface area contributed by atoms with Gasteiger partial charge in [0, 0.05) is 25.7 Å². The van der Waals surface area contributed by atoms with Crippen LogP contribution in [0.2, 0.25) is 0 Å². The molecule has 18 heavy (non-hydrogen) atoms. The molecule has 2 rings (SSSR count). The maximum atomic E-state index is 12.1. The molecule has 2 aliphatic heterocycles. The van der Waals surface area contributed by atoms with Crippen LogP contribution in [0.1, 0.15) is 25.7 Å². The summed E-state index contributed by atoms with van der Waals surface area (Å²) in [7, 11) is -3.16. The molecule has 0 aromatic rings. The van der Waals surface area contributed by atoms with E-state index in [4.69, 9.17) is 4.74 Å². The van der Waals surface area contributed by atoms with Crippen LogP contribution in [-0.4, -0.2) is 57.3 Å². The standard InChI is InChI=1S/C11H20N2O4S/c1-18(15,16)12-9-4-6-13(7-5-9)11(14)10-3-2-8-17-10/h9-10,12H,2-8H2,1H3/t10-/m0/s1. The van der Waals surface area contributed by atoms with E-state index in [9.17, 15) is 13.2 Å². The number of sulfonamides is 1. The Hall–Kier alpha value is -0.660. The zero-order chi connectivity index (χ0) is 13.2. The van der Waals surface area contributed by atoms with Crippen molar-refractivity contribution in [3.05, 3.63) is 0 Å². The molecule has 2 saturated heterocycles. The van der Waals surface area contributed by atoms with Crippen LogP contribution >= 0.6 is 0 Å². The van der Waals surface area contributed by atoms with Crippen LogP contribution in [0.25, 0.3) is 0 Å². The van der Waals surface area contributed by atoms with Crippen LogP contribution in [0.15, 0.2) is 0 Å². The Kier molecular flexibility index (Phi) is 4.24. The number of nitrogens with one attached hydrogen (secondary N) is 1. The minimum atomic E-state index is -3.16. The molecule has 2 fully saturated rings. The second-order valence-corrected chi connectivity index (χ2v) is 6.77. The summed E-state index contributed by atoms with van der Waals surface area (Å²) < 4.78 is 30.2. The third kappa shape index (κ3) is 3.66. The summed E-state index contributed by atoms with van der Waals surface area (Å²) in [4.78, 5) is 13.8. The van der Waals surface area contributed by atoms with Crippen LogP contribution < -0.4 is 4.72 Å². The zero-order valence-corrected chi connectivity index (χ0v) is 11.4. The first-order valence-electron chi connectivity index (χ1n) is 6.33. The second kappa shape index (κ2) is 5.54. The van der Waals surface area contributed by atoms with Crippen molar-refractivity contribution in [1.82, 2.24) is 9.62 Å². The fraction of sp³-hybridized carbons (Fsp3) is 0.909. The highest BCUT2D eigenvalue weighted by Crippen LogP contribution is 2.18. The molecule has 0 spiro atoms. The largest absolute Gasteiger partial charge is 0.368 e. The summed E-state index contributed by atoms with van der Waals surface area (Å²) in [5.74, 6) is 0.0605. The van der Waals surface area contributed by atoms with Gasteiger partial charge in [0.2, 0.25) is 10.0 Å². The average Bonchev–Trinajstić information content (AvgIpc) is 2.80. The minimum absolute atomic E-state index is 0.0476. The molecule has 2 aliphatic rings. The van der Waals surface area contributed by atoms with E-state index in [1.54, 1.807) is 4.90 Å². The molecule has 1 amide bonds. The van der Waals surface area contributed by atoms with Gasteiger partial charge in [-0.05, 0) is 25.7 Å². The summed E-state index contributed by atoms with van der Waals surface area (Å²) >= 11 is 0. The lowest BCUT2D eigenvalue weighted by Crippen LogP contribution is -2.48. The zero-order valence-electron chi connectivity index (χ0n) is 10.6. The highest BCUT2D eigenvalue weighted by molar-refractivity contribution is 7.88. The molecule has 2 heterocycles. The molecule has 0 aromatic heterocycles. The van der Waals surface area contributed by atoms with Crippen LogP contribution in [0, 0.1) is 0 Å². The summed E-state index contributed by atoms with van der Waals surface area (Å²) in [6.45, 7) is 1.88. The van der Waals surface area contributed by atoms with Gasteiger partial charge in [0.1, 0.15) is 6.10 Å². The lowest BCUT2D eigenvalue weighted by molar-refractivity contribution is -0.142. The first kappa shape index (κ1) is 13.8. The second-order valence-electron chi connectivity index (χ2n) is 4.99. The SMILES string of the molecule is CS(=O)(=O)NC1CCN(C(=O)[C@@H]2CCCO2)CC1. The third-order valence-electron chi connectivity index (χ3n) is 3.39. The number of hydrogen-bond acceptors (Lipinski definition) is 4. The summed E-state index contributed by atoms with van der Waals surface area (Å²) in [6.07, 6.45) is 3.99. The quantitative estimate of drug-likeness (QED) is 0.768. The van der Waals surface area contributed by atoms with E-state index < -0.39 is 10.0 Å². The monoisotopic (exact) mass is 276 g/mol. The lowest BCUT2D eigenvalue weighted by atomic mass is 10.1. The van der Waals surface area contributed by atoms with E-state index in [0.29, 0.717) is 32.5 Å². The summed E-state index contributed by atoms with van der Waals surface area (Å²) in [6, 6.07) is -0.0476. The predicted molar refractivity (Wildman–Crippen MR) is 66.6 cm³/mol. The van der Waals surface area contributed by atoms with E-state index >= 15 is 0 Å². The number of piperidine rings is 1. The number of likely N-dealkylation sites (tertiary alicyclic amines) is 1. The number of hydrogen-bond donors (Lipinski definition) is 1. The molecule has 0 bridgehead atoms. The van der Waals surface area contributed by atoms with Gasteiger partial charge in [-0.2, -0.15) is 0 Å². The molecule has 1 N–H and O–H groups in total. The van der Waals surface area contributed by atoms with Crippen molar-refractivity contribution >= 4 is 15.9 Å². The number of nitrogens with zero attached hydrogens (tertiary/aromatic N) is 1. The minimum Gasteiger partial charge on any atom is -0.368 e. The average molecular weight is 276 g/mol. The smallest absolute Gasteiger partial charge is 0.251 e. The fourth-order valence-electron chi connectivity index (χ4n) is 2.50. The Morgan fingerprint density at radius 1 is 1.28 bits per heavy atom. The van der Waals surface area contributed by atoms with Crippen molar-refractivity contribution in [2.75, 3.05) is 26.0 Å². The van der Waals surface area contributed by atoms with Gasteiger partial charge in [-0.3, -0.25) is 4.79 Å². The first-order valence-corrected chi connectivity index (χ1v) is 8.22. The van der Waals surface area contributed by atoms with E-state index in [-0.39, 0.29) is 18.1 Å². The maximum Gasteiger partial charge on any atom is 0.251 e. The number of amides is 1. The molecular formula is C11H20N2O4S. The Labute approximate surface area is 108 Å². The van der Waals surface area contributed by atoms with Crippen LogP contribution in [0.5, 0.6) is 0 Å². The highest BCUT2D eigenvalue weighted by Gasteiger charge is 2.31. The first-order chi connectivity index (χ1) is 8.46. The normalized spacial score (nSPS) is 26.5. The van der Waals surface area contributed by atoms with E-state index in [1.807, 2.05) is 0 Å². The lowest BCUT2D eigenvalue weighted by Gasteiger charge is -2.33. The Morgan fingerprint density at radius 2 is 1.94 bits per heavy atom. The van der Waals surface area contributed by atoms with E-state index in [1.165, 1.54) is 0 Å². The third-order valence-corrected chi connectivity index (χ3v) is 4.15. The summed E-state index contributed by atoms with van der Waals surface area (Å²) in [5.41, 5.74) is 0. The number of carbonyl (C=O) groups excluding carboxylic acids is 1. The van der Waals surface area contributed by atoms with Gasteiger partial charge in [0.25, 0.3) is 5.91 Å². The number of carbonyl (C=O) groups is 1. The number of ether oxygens (including phenoxy) is 1. The van der Waals surface area contributed by atoms with Gasteiger partial charge < -0.3 is 9.64 Å². The van der Waals surface area contributed by atoms with Crippen molar-refractivity contribution in [3.8, 4) is 0 Å². The van der Waals surface area contributed by atoms with Crippen molar-refractivity contribution in [3.63, 3.8) is 0 Å². The molecule has 0 radical (unpaired) electrons. The molecule has 0 saturated carbocycles. The van der Waals surface area contributed by atoms with E-state index in [0.717, 1.165) is 19.1 Å². The van der Waals surface area contributed by atoms with Crippen molar-refractivity contribution in [1.29, 1.82) is 0 Å². The van der Waals surface area contributed by atoms with Gasteiger partial charge in [-0.1, -0.05) is 0 Å². The van der Waals surface area contributed by atoms with Crippen molar-refractivity contribution in [2.45, 2.75) is 37.8 Å². The molecule has 7 heteroatoms. The van der Waals surface area contributed by atoms with Gasteiger partial charge in [0.05, 0.1) is 6.26 Å². The number of rotatable bonds is 3. The maximum absolute atomic E-state index is 12.1. The van der Waals surface area contributed by atoms with Crippen LogP contribution in [0.4, 0.5) is 0 Å².